The fourth-order valence-corrected chi connectivity index (χ4v) is 3.59. The van der Waals surface area contributed by atoms with Crippen LogP contribution in [0.5, 0.6) is 0 Å². The summed E-state index contributed by atoms with van der Waals surface area (Å²) in [5.74, 6) is 0. The van der Waals surface area contributed by atoms with Gasteiger partial charge in [0.2, 0.25) is 0 Å². The monoisotopic (exact) mass is 267 g/mol. The molecular weight excluding hydrogens is 234 g/mol. The van der Waals surface area contributed by atoms with Gasteiger partial charge in [0.15, 0.2) is 0 Å². The molecule has 3 nitrogen and oxygen atoms in total. The van der Waals surface area contributed by atoms with Gasteiger partial charge < -0.3 is 4.90 Å². The summed E-state index contributed by atoms with van der Waals surface area (Å²) in [6.45, 7) is 17.2. The maximum Gasteiger partial charge on any atom is 0.0332 e. The molecular formula is C16H33N3. The summed E-state index contributed by atoms with van der Waals surface area (Å²) < 4.78 is 0. The first-order valence-electron chi connectivity index (χ1n) is 8.04. The summed E-state index contributed by atoms with van der Waals surface area (Å²) in [7, 11) is 2.24. The van der Waals surface area contributed by atoms with Gasteiger partial charge >= 0.3 is 0 Å². The molecule has 0 aromatic rings. The highest BCUT2D eigenvalue weighted by molar-refractivity contribution is 5.04. The summed E-state index contributed by atoms with van der Waals surface area (Å²) in [5.41, 5.74) is 0.495. The van der Waals surface area contributed by atoms with Gasteiger partial charge in [0.1, 0.15) is 0 Å². The van der Waals surface area contributed by atoms with Crippen LogP contribution in [0.15, 0.2) is 0 Å². The summed E-state index contributed by atoms with van der Waals surface area (Å²) in [4.78, 5) is 7.89. The quantitative estimate of drug-likeness (QED) is 0.777. The summed E-state index contributed by atoms with van der Waals surface area (Å²) >= 11 is 0. The van der Waals surface area contributed by atoms with E-state index < -0.39 is 0 Å². The number of hydrogen-bond acceptors (Lipinski definition) is 3. The lowest BCUT2D eigenvalue weighted by Crippen LogP contribution is -2.68. The van der Waals surface area contributed by atoms with Gasteiger partial charge in [-0.1, -0.05) is 6.42 Å². The van der Waals surface area contributed by atoms with Gasteiger partial charge in [0.05, 0.1) is 0 Å². The minimum atomic E-state index is 0.242. The van der Waals surface area contributed by atoms with Gasteiger partial charge in [-0.25, -0.2) is 0 Å². The Morgan fingerprint density at radius 3 is 1.47 bits per heavy atom. The highest BCUT2D eigenvalue weighted by Gasteiger charge is 2.45. The molecule has 0 unspecified atom stereocenters. The van der Waals surface area contributed by atoms with Gasteiger partial charge in [-0.2, -0.15) is 0 Å². The highest BCUT2D eigenvalue weighted by atomic mass is 15.3. The molecule has 0 aromatic carbocycles. The van der Waals surface area contributed by atoms with Crippen molar-refractivity contribution in [2.24, 2.45) is 0 Å². The summed E-state index contributed by atoms with van der Waals surface area (Å²) in [6.07, 6.45) is 4.17. The summed E-state index contributed by atoms with van der Waals surface area (Å²) in [5, 5.41) is 0. The van der Waals surface area contributed by atoms with Crippen LogP contribution in [-0.2, 0) is 0 Å². The maximum absolute atomic E-state index is 2.73. The predicted octanol–water partition coefficient (Wildman–Crippen LogP) is 2.28. The van der Waals surface area contributed by atoms with Crippen molar-refractivity contribution in [1.29, 1.82) is 0 Å². The number of likely N-dealkylation sites (tertiary alicyclic amines) is 1. The number of likely N-dealkylation sites (N-methyl/N-ethyl adjacent to an activating group) is 1. The molecule has 2 fully saturated rings. The van der Waals surface area contributed by atoms with E-state index in [-0.39, 0.29) is 11.1 Å². The minimum absolute atomic E-state index is 0.242. The Kier molecular flexibility index (Phi) is 4.59. The molecule has 0 aliphatic carbocycles. The van der Waals surface area contributed by atoms with Crippen LogP contribution >= 0.6 is 0 Å². The third-order valence-electron chi connectivity index (χ3n) is 5.94. The number of piperidine rings is 1. The molecule has 0 bridgehead atoms. The molecule has 19 heavy (non-hydrogen) atoms. The molecule has 2 aliphatic rings. The smallest absolute Gasteiger partial charge is 0.0332 e. The van der Waals surface area contributed by atoms with E-state index in [1.54, 1.807) is 0 Å². The summed E-state index contributed by atoms with van der Waals surface area (Å²) in [6, 6.07) is 0. The predicted molar refractivity (Wildman–Crippen MR) is 82.7 cm³/mol. The number of hydrogen-bond donors (Lipinski definition) is 0. The highest BCUT2D eigenvalue weighted by Crippen LogP contribution is 2.35. The van der Waals surface area contributed by atoms with Crippen molar-refractivity contribution < 1.29 is 0 Å². The van der Waals surface area contributed by atoms with Crippen molar-refractivity contribution in [3.8, 4) is 0 Å². The largest absolute Gasteiger partial charge is 0.304 e. The SMILES string of the molecule is CN1CCN(C(C)(C)C(C)(C)N2CCCCC2)CC1. The molecule has 0 N–H and O–H groups in total. The lowest BCUT2D eigenvalue weighted by molar-refractivity contribution is -0.0584. The van der Waals surface area contributed by atoms with Gasteiger partial charge in [0, 0.05) is 37.3 Å². The van der Waals surface area contributed by atoms with E-state index in [1.807, 2.05) is 0 Å². The van der Waals surface area contributed by atoms with Crippen molar-refractivity contribution in [3.05, 3.63) is 0 Å². The molecule has 2 heterocycles. The van der Waals surface area contributed by atoms with E-state index >= 15 is 0 Å². The normalized spacial score (nSPS) is 25.7. The van der Waals surface area contributed by atoms with Crippen molar-refractivity contribution in [1.82, 2.24) is 14.7 Å². The Morgan fingerprint density at radius 2 is 1.00 bits per heavy atom. The molecule has 3 heteroatoms. The molecule has 0 aromatic heterocycles. The van der Waals surface area contributed by atoms with E-state index in [2.05, 4.69) is 49.4 Å². The fourth-order valence-electron chi connectivity index (χ4n) is 3.59. The number of rotatable bonds is 3. The molecule has 2 aliphatic heterocycles. The van der Waals surface area contributed by atoms with E-state index in [0.717, 1.165) is 0 Å². The van der Waals surface area contributed by atoms with Crippen LogP contribution < -0.4 is 0 Å². The third-order valence-corrected chi connectivity index (χ3v) is 5.94. The molecule has 2 saturated heterocycles. The van der Waals surface area contributed by atoms with Gasteiger partial charge in [-0.15, -0.1) is 0 Å². The topological polar surface area (TPSA) is 9.72 Å². The van der Waals surface area contributed by atoms with Crippen LogP contribution in [0.3, 0.4) is 0 Å². The van der Waals surface area contributed by atoms with Crippen molar-refractivity contribution in [2.45, 2.75) is 58.0 Å². The van der Waals surface area contributed by atoms with Gasteiger partial charge in [-0.3, -0.25) is 9.80 Å². The fraction of sp³-hybridized carbons (Fsp3) is 1.00. The molecule has 0 spiro atoms. The first-order chi connectivity index (χ1) is 8.85. The average molecular weight is 267 g/mol. The molecule has 2 rings (SSSR count). The van der Waals surface area contributed by atoms with Crippen molar-refractivity contribution in [3.63, 3.8) is 0 Å². The van der Waals surface area contributed by atoms with E-state index in [0.29, 0.717) is 0 Å². The Bertz CT molecular complexity index is 284. The lowest BCUT2D eigenvalue weighted by Gasteiger charge is -2.56. The zero-order valence-corrected chi connectivity index (χ0v) is 13.7. The van der Waals surface area contributed by atoms with Crippen LogP contribution in [-0.4, -0.2) is 72.1 Å². The van der Waals surface area contributed by atoms with Crippen LogP contribution in [0.2, 0.25) is 0 Å². The van der Waals surface area contributed by atoms with E-state index in [1.165, 1.54) is 58.5 Å². The van der Waals surface area contributed by atoms with Crippen LogP contribution in [0.4, 0.5) is 0 Å². The van der Waals surface area contributed by atoms with Gasteiger partial charge in [0.25, 0.3) is 0 Å². The number of nitrogens with zero attached hydrogens (tertiary/aromatic N) is 3. The van der Waals surface area contributed by atoms with Gasteiger partial charge in [-0.05, 0) is 60.7 Å². The zero-order valence-electron chi connectivity index (χ0n) is 13.7. The minimum Gasteiger partial charge on any atom is -0.304 e. The Morgan fingerprint density at radius 1 is 0.579 bits per heavy atom. The molecule has 0 amide bonds. The molecule has 0 radical (unpaired) electrons. The Hall–Kier alpha value is -0.120. The first kappa shape index (κ1) is 15.3. The second-order valence-corrected chi connectivity index (χ2v) is 7.46. The molecule has 0 saturated carbocycles. The maximum atomic E-state index is 2.73. The molecule has 112 valence electrons. The van der Waals surface area contributed by atoms with Crippen LogP contribution in [0.25, 0.3) is 0 Å². The van der Waals surface area contributed by atoms with Crippen LogP contribution in [0.1, 0.15) is 47.0 Å². The van der Waals surface area contributed by atoms with Crippen LogP contribution in [0, 0.1) is 0 Å². The second kappa shape index (κ2) is 5.71. The average Bonchev–Trinajstić information content (AvgIpc) is 2.40. The van der Waals surface area contributed by atoms with E-state index in [9.17, 15) is 0 Å². The van der Waals surface area contributed by atoms with Crippen molar-refractivity contribution >= 4 is 0 Å². The second-order valence-electron chi connectivity index (χ2n) is 7.46. The Balaban J connectivity index is 2.07. The van der Waals surface area contributed by atoms with Crippen molar-refractivity contribution in [2.75, 3.05) is 46.3 Å². The standard InChI is InChI=1S/C16H33N3/c1-15(2,18-9-7-6-8-10-18)16(3,4)19-13-11-17(5)12-14-19/h6-14H2,1-5H3. The third kappa shape index (κ3) is 2.98. The Labute approximate surface area is 119 Å². The zero-order chi connectivity index (χ0) is 14.1. The lowest BCUT2D eigenvalue weighted by atomic mass is 9.78. The van der Waals surface area contributed by atoms with E-state index in [4.69, 9.17) is 0 Å². The first-order valence-corrected chi connectivity index (χ1v) is 8.04. The molecule has 0 atom stereocenters. The number of piperazine rings is 1.